The molecule has 3 unspecified atom stereocenters. The van der Waals surface area contributed by atoms with Gasteiger partial charge in [0.2, 0.25) is 29.4 Å². The molecule has 1 aromatic rings. The summed E-state index contributed by atoms with van der Waals surface area (Å²) in [6, 6.07) is 4.50. The predicted molar refractivity (Wildman–Crippen MR) is 190 cm³/mol. The number of nitrogens with zero attached hydrogens (tertiary/aromatic N) is 2. The number of amides is 6. The van der Waals surface area contributed by atoms with Gasteiger partial charge in [0.1, 0.15) is 18.1 Å². The average Bonchev–Trinajstić information content (AvgIpc) is 3.36. The summed E-state index contributed by atoms with van der Waals surface area (Å²) in [4.78, 5) is 95.8. The van der Waals surface area contributed by atoms with Crippen LogP contribution in [0.3, 0.4) is 0 Å². The van der Waals surface area contributed by atoms with Crippen molar-refractivity contribution in [1.29, 1.82) is 0 Å². The number of ether oxygens (including phenoxy) is 1. The molecule has 2 aliphatic rings. The van der Waals surface area contributed by atoms with Crippen molar-refractivity contribution in [1.82, 2.24) is 31.1 Å². The molecule has 0 bridgehead atoms. The third kappa shape index (κ3) is 10.1. The molecule has 1 saturated carbocycles. The first kappa shape index (κ1) is 40.9. The number of Topliss-reactive ketones (excluding diaryl/α,β-unsaturated/α-hetero) is 1. The van der Waals surface area contributed by atoms with E-state index in [2.05, 4.69) is 21.3 Å². The Morgan fingerprint density at radius 2 is 1.61 bits per heavy atom. The summed E-state index contributed by atoms with van der Waals surface area (Å²) in [5, 5.41) is 10.4. The lowest BCUT2D eigenvalue weighted by atomic mass is 9.85. The van der Waals surface area contributed by atoms with Crippen molar-refractivity contribution in [3.8, 4) is 0 Å². The zero-order valence-electron chi connectivity index (χ0n) is 31.6. The summed E-state index contributed by atoms with van der Waals surface area (Å²) >= 11 is 0. The number of fused-ring (bicyclic) bond motifs is 1. The molecule has 4 N–H and O–H groups in total. The smallest absolute Gasteiger partial charge is 0.408 e. The van der Waals surface area contributed by atoms with Crippen LogP contribution in [0.1, 0.15) is 86.3 Å². The molecule has 3 rings (SSSR count). The standard InChI is InChI=1S/C37H56N6O8/c1-11-12-18-24(29(45)32(47)38-19-25(44)40-27(33(48)42(9)10)22-16-14-13-15-17-22)39-31(46)28-26-23(37(26,7)8)20-43(28)34(49)30(36(4,5)6)41-35(50)51-21(2)3/h13-17,21,23-24,26-28,30H,11-12,18-20H2,1-10H3,(H,38,47)(H,39,46)(H,40,44)(H,41,50)/t23?,24?,26?,27-,28-,30+/m0/s1. The summed E-state index contributed by atoms with van der Waals surface area (Å²) < 4.78 is 5.24. The first-order chi connectivity index (χ1) is 23.7. The van der Waals surface area contributed by atoms with Crippen LogP contribution in [0, 0.1) is 22.7 Å². The van der Waals surface area contributed by atoms with E-state index in [4.69, 9.17) is 4.74 Å². The fourth-order valence-corrected chi connectivity index (χ4v) is 6.74. The normalized spacial score (nSPS) is 20.6. The summed E-state index contributed by atoms with van der Waals surface area (Å²) in [7, 11) is 3.12. The molecule has 0 spiro atoms. The van der Waals surface area contributed by atoms with Crippen molar-refractivity contribution in [3.05, 3.63) is 35.9 Å². The van der Waals surface area contributed by atoms with Gasteiger partial charge >= 0.3 is 6.09 Å². The SMILES string of the molecule is CCCCC(NC(=O)[C@@H]1C2C(CN1C(=O)[C@@H](NC(=O)OC(C)C)C(C)(C)C)C2(C)C)C(=O)C(=O)NCC(=O)N[C@H](C(=O)N(C)C)c1ccccc1. The van der Waals surface area contributed by atoms with Crippen LogP contribution in [0.15, 0.2) is 30.3 Å². The number of hydrogen-bond donors (Lipinski definition) is 4. The van der Waals surface area contributed by atoms with E-state index >= 15 is 0 Å². The van der Waals surface area contributed by atoms with E-state index in [9.17, 15) is 33.6 Å². The Labute approximate surface area is 301 Å². The van der Waals surface area contributed by atoms with E-state index in [1.807, 2.05) is 20.8 Å². The minimum Gasteiger partial charge on any atom is -0.447 e. The molecule has 0 aromatic heterocycles. The van der Waals surface area contributed by atoms with Crippen LogP contribution >= 0.6 is 0 Å². The van der Waals surface area contributed by atoms with Crippen LogP contribution in [0.25, 0.3) is 0 Å². The number of alkyl carbamates (subject to hydrolysis) is 1. The number of likely N-dealkylation sites (N-methyl/N-ethyl adjacent to an activating group) is 1. The summed E-state index contributed by atoms with van der Waals surface area (Å²) in [6.07, 6.45) is 0.228. The Balaban J connectivity index is 1.75. The van der Waals surface area contributed by atoms with E-state index in [0.29, 0.717) is 24.9 Å². The van der Waals surface area contributed by atoms with Gasteiger partial charge in [0.05, 0.1) is 18.7 Å². The van der Waals surface area contributed by atoms with Crippen molar-refractivity contribution in [2.75, 3.05) is 27.2 Å². The molecule has 6 atom stereocenters. The molecule has 282 valence electrons. The highest BCUT2D eigenvalue weighted by atomic mass is 16.6. The Hall–Kier alpha value is -4.49. The van der Waals surface area contributed by atoms with Crippen molar-refractivity contribution >= 4 is 41.4 Å². The van der Waals surface area contributed by atoms with Gasteiger partial charge in [-0.3, -0.25) is 28.8 Å². The lowest BCUT2D eigenvalue weighted by molar-refractivity contribution is -0.145. The average molecular weight is 713 g/mol. The van der Waals surface area contributed by atoms with Crippen molar-refractivity contribution in [2.45, 2.75) is 105 Å². The second-order valence-corrected chi connectivity index (χ2v) is 15.7. The first-order valence-electron chi connectivity index (χ1n) is 17.7. The molecule has 14 heteroatoms. The highest BCUT2D eigenvalue weighted by Gasteiger charge is 2.70. The second kappa shape index (κ2) is 16.7. The lowest BCUT2D eigenvalue weighted by Gasteiger charge is -2.37. The molecule has 51 heavy (non-hydrogen) atoms. The number of hydrogen-bond acceptors (Lipinski definition) is 8. The van der Waals surface area contributed by atoms with E-state index in [0.717, 1.165) is 0 Å². The van der Waals surface area contributed by atoms with Crippen molar-refractivity contribution in [2.24, 2.45) is 22.7 Å². The number of carbonyl (C=O) groups excluding carboxylic acids is 7. The van der Waals surface area contributed by atoms with Gasteiger partial charge in [-0.15, -0.1) is 0 Å². The zero-order valence-corrected chi connectivity index (χ0v) is 31.6. The molecule has 1 aliphatic heterocycles. The molecule has 1 aliphatic carbocycles. The molecule has 0 radical (unpaired) electrons. The lowest BCUT2D eigenvalue weighted by Crippen LogP contribution is -2.60. The maximum absolute atomic E-state index is 14.1. The van der Waals surface area contributed by atoms with Gasteiger partial charge < -0.3 is 35.8 Å². The molecular weight excluding hydrogens is 656 g/mol. The summed E-state index contributed by atoms with van der Waals surface area (Å²) in [5.74, 6) is -4.21. The molecule has 1 aromatic carbocycles. The highest BCUT2D eigenvalue weighted by molar-refractivity contribution is 6.38. The third-order valence-corrected chi connectivity index (χ3v) is 9.72. The molecule has 14 nitrogen and oxygen atoms in total. The predicted octanol–water partition coefficient (Wildman–Crippen LogP) is 2.32. The Kier molecular flexibility index (Phi) is 13.4. The summed E-state index contributed by atoms with van der Waals surface area (Å²) in [6.45, 7) is 14.5. The molecular formula is C37H56N6O8. The quantitative estimate of drug-likeness (QED) is 0.200. The van der Waals surface area contributed by atoms with Crippen LogP contribution in [-0.2, 0) is 33.5 Å². The largest absolute Gasteiger partial charge is 0.447 e. The minimum absolute atomic E-state index is 0.0335. The number of nitrogens with one attached hydrogen (secondary N) is 4. The minimum atomic E-state index is -1.21. The topological polar surface area (TPSA) is 183 Å². The van der Waals surface area contributed by atoms with Crippen molar-refractivity contribution < 1.29 is 38.3 Å². The number of benzene rings is 1. The number of unbranched alkanes of at least 4 members (excludes halogenated alkanes) is 1. The maximum atomic E-state index is 14.1. The maximum Gasteiger partial charge on any atom is 0.408 e. The van der Waals surface area contributed by atoms with Gasteiger partial charge in [0.15, 0.2) is 0 Å². The monoisotopic (exact) mass is 712 g/mol. The number of likely N-dealkylation sites (tertiary alicyclic amines) is 1. The Bertz CT molecular complexity index is 1470. The fraction of sp³-hybridized carbons (Fsp3) is 0.649. The van der Waals surface area contributed by atoms with Gasteiger partial charge in [-0.2, -0.15) is 0 Å². The highest BCUT2D eigenvalue weighted by Crippen LogP contribution is 2.65. The van der Waals surface area contributed by atoms with Gasteiger partial charge in [-0.25, -0.2) is 4.79 Å². The number of rotatable bonds is 15. The molecule has 6 amide bonds. The van der Waals surface area contributed by atoms with E-state index in [-0.39, 0.29) is 29.6 Å². The van der Waals surface area contributed by atoms with E-state index < -0.39 is 77.7 Å². The third-order valence-electron chi connectivity index (χ3n) is 9.72. The van der Waals surface area contributed by atoms with Gasteiger partial charge in [-0.1, -0.05) is 84.7 Å². The summed E-state index contributed by atoms with van der Waals surface area (Å²) in [5.41, 5.74) is -0.407. The number of carbonyl (C=O) groups is 7. The van der Waals surface area contributed by atoms with Crippen LogP contribution in [-0.4, -0.2) is 103 Å². The molecule has 1 saturated heterocycles. The van der Waals surface area contributed by atoms with Gasteiger partial charge in [0, 0.05) is 20.6 Å². The first-order valence-corrected chi connectivity index (χ1v) is 17.7. The molecule has 2 fully saturated rings. The van der Waals surface area contributed by atoms with E-state index in [1.165, 1.54) is 9.80 Å². The number of piperidine rings is 1. The number of ketones is 1. The van der Waals surface area contributed by atoms with Gasteiger partial charge in [0.25, 0.3) is 5.91 Å². The van der Waals surface area contributed by atoms with Crippen LogP contribution in [0.2, 0.25) is 0 Å². The zero-order chi connectivity index (χ0) is 38.4. The van der Waals surface area contributed by atoms with Crippen LogP contribution in [0.4, 0.5) is 4.79 Å². The van der Waals surface area contributed by atoms with Crippen LogP contribution in [0.5, 0.6) is 0 Å². The second-order valence-electron chi connectivity index (χ2n) is 15.7. The Morgan fingerprint density at radius 1 is 0.980 bits per heavy atom. The molecule has 1 heterocycles. The van der Waals surface area contributed by atoms with Crippen molar-refractivity contribution in [3.63, 3.8) is 0 Å². The van der Waals surface area contributed by atoms with Crippen LogP contribution < -0.4 is 21.3 Å². The van der Waals surface area contributed by atoms with E-state index in [1.54, 1.807) is 79.0 Å². The van der Waals surface area contributed by atoms with Gasteiger partial charge in [-0.05, 0) is 48.5 Å². The fourth-order valence-electron chi connectivity index (χ4n) is 6.74. The Morgan fingerprint density at radius 3 is 2.16 bits per heavy atom.